The molecule has 6 nitrogen and oxygen atoms in total. The van der Waals surface area contributed by atoms with Gasteiger partial charge in [-0.1, -0.05) is 12.1 Å². The Morgan fingerprint density at radius 2 is 2.07 bits per heavy atom. The van der Waals surface area contributed by atoms with Gasteiger partial charge in [0.05, 0.1) is 32.0 Å². The lowest BCUT2D eigenvalue weighted by atomic mass is 9.96. The van der Waals surface area contributed by atoms with Crippen molar-refractivity contribution in [2.45, 2.75) is 57.5 Å². The minimum Gasteiger partial charge on any atom is -0.497 e. The second-order valence-corrected chi connectivity index (χ2v) is 6.88. The van der Waals surface area contributed by atoms with Gasteiger partial charge >= 0.3 is 0 Å². The van der Waals surface area contributed by atoms with Gasteiger partial charge in [-0.15, -0.1) is 24.0 Å². The van der Waals surface area contributed by atoms with E-state index in [0.29, 0.717) is 31.5 Å². The molecule has 2 fully saturated rings. The first kappa shape index (κ1) is 22.2. The van der Waals surface area contributed by atoms with Crippen LogP contribution in [0.15, 0.2) is 29.3 Å². The molecule has 0 amide bonds. The highest BCUT2D eigenvalue weighted by Gasteiger charge is 2.41. The molecule has 0 aliphatic carbocycles. The van der Waals surface area contributed by atoms with Crippen molar-refractivity contribution >= 4 is 29.9 Å². The number of ether oxygens (including phenoxy) is 3. The fraction of sp³-hybridized carbons (Fsp3) is 0.650. The molecular formula is C20H32IN3O3. The van der Waals surface area contributed by atoms with Gasteiger partial charge in [0.1, 0.15) is 5.75 Å². The minimum atomic E-state index is 0. The van der Waals surface area contributed by atoms with Gasteiger partial charge in [-0.2, -0.15) is 0 Å². The molecule has 27 heavy (non-hydrogen) atoms. The quantitative estimate of drug-likeness (QED) is 0.242. The number of nitrogens with one attached hydrogen (secondary N) is 2. The van der Waals surface area contributed by atoms with Gasteiger partial charge in [0.15, 0.2) is 5.96 Å². The summed E-state index contributed by atoms with van der Waals surface area (Å²) in [5, 5.41) is 6.86. The van der Waals surface area contributed by atoms with Gasteiger partial charge in [0.2, 0.25) is 0 Å². The fourth-order valence-electron chi connectivity index (χ4n) is 3.55. The van der Waals surface area contributed by atoms with Crippen LogP contribution < -0.4 is 15.4 Å². The van der Waals surface area contributed by atoms with Crippen molar-refractivity contribution in [1.82, 2.24) is 10.6 Å². The van der Waals surface area contributed by atoms with Gasteiger partial charge in [0, 0.05) is 19.7 Å². The van der Waals surface area contributed by atoms with Crippen molar-refractivity contribution in [3.8, 4) is 5.75 Å². The van der Waals surface area contributed by atoms with Crippen molar-refractivity contribution in [3.05, 3.63) is 29.8 Å². The standard InChI is InChI=1S/C20H31N3O3.HI/c1-3-21-20(23-18-13-17-9-10-19(18)26-17)22-11-4-12-25-14-15-5-7-16(24-2)8-6-15;/h5-8,17-19H,3-4,9-14H2,1-2H3,(H2,21,22,23);1H. The Bertz CT molecular complexity index is 582. The number of aliphatic imine (C=N–C) groups is 1. The summed E-state index contributed by atoms with van der Waals surface area (Å²) in [4.78, 5) is 4.67. The number of hydrogen-bond acceptors (Lipinski definition) is 4. The van der Waals surface area contributed by atoms with Crippen molar-refractivity contribution in [3.63, 3.8) is 0 Å². The van der Waals surface area contributed by atoms with Gasteiger partial charge in [-0.05, 0) is 50.3 Å². The zero-order chi connectivity index (χ0) is 18.2. The Hall–Kier alpha value is -1.06. The highest BCUT2D eigenvalue weighted by atomic mass is 127. The van der Waals surface area contributed by atoms with E-state index in [1.807, 2.05) is 24.3 Å². The van der Waals surface area contributed by atoms with Crippen molar-refractivity contribution in [1.29, 1.82) is 0 Å². The molecule has 3 unspecified atom stereocenters. The lowest BCUT2D eigenvalue weighted by Crippen LogP contribution is -2.47. The molecule has 3 atom stereocenters. The third-order valence-electron chi connectivity index (χ3n) is 4.92. The van der Waals surface area contributed by atoms with E-state index in [2.05, 4.69) is 22.5 Å². The minimum absolute atomic E-state index is 0. The largest absolute Gasteiger partial charge is 0.497 e. The second kappa shape index (κ2) is 11.7. The molecule has 0 radical (unpaired) electrons. The normalized spacial score (nSPS) is 23.8. The summed E-state index contributed by atoms with van der Waals surface area (Å²) in [7, 11) is 1.67. The number of halogens is 1. The number of hydrogen-bond donors (Lipinski definition) is 2. The third-order valence-corrected chi connectivity index (χ3v) is 4.92. The van der Waals surface area contributed by atoms with Crippen LogP contribution in [0.3, 0.4) is 0 Å². The Kier molecular flexibility index (Phi) is 9.64. The molecule has 7 heteroatoms. The average Bonchev–Trinajstić information content (AvgIpc) is 3.28. The van der Waals surface area contributed by atoms with Gasteiger partial charge in [-0.25, -0.2) is 0 Å². The summed E-state index contributed by atoms with van der Waals surface area (Å²) < 4.78 is 16.8. The lowest BCUT2D eigenvalue weighted by Gasteiger charge is -2.22. The summed E-state index contributed by atoms with van der Waals surface area (Å²) in [5.41, 5.74) is 1.15. The van der Waals surface area contributed by atoms with Crippen molar-refractivity contribution < 1.29 is 14.2 Å². The topological polar surface area (TPSA) is 64.1 Å². The monoisotopic (exact) mass is 489 g/mol. The van der Waals surface area contributed by atoms with Crippen LogP contribution in [0.1, 0.15) is 38.2 Å². The maximum Gasteiger partial charge on any atom is 0.191 e. The number of guanidine groups is 1. The van der Waals surface area contributed by atoms with E-state index in [9.17, 15) is 0 Å². The van der Waals surface area contributed by atoms with E-state index in [1.165, 1.54) is 12.8 Å². The summed E-state index contributed by atoms with van der Waals surface area (Å²) in [6.07, 6.45) is 5.19. The Balaban J connectivity index is 0.00000261. The summed E-state index contributed by atoms with van der Waals surface area (Å²) in [6.45, 7) is 5.02. The second-order valence-electron chi connectivity index (χ2n) is 6.88. The predicted molar refractivity (Wildman–Crippen MR) is 118 cm³/mol. The first-order valence-corrected chi connectivity index (χ1v) is 9.69. The zero-order valence-electron chi connectivity index (χ0n) is 16.3. The molecule has 0 spiro atoms. The van der Waals surface area contributed by atoms with E-state index in [0.717, 1.165) is 43.2 Å². The SMILES string of the molecule is CCNC(=NCCCOCc1ccc(OC)cc1)NC1CC2CCC1O2.I. The molecule has 152 valence electrons. The van der Waals surface area contributed by atoms with Crippen LogP contribution in [0.5, 0.6) is 5.75 Å². The highest BCUT2D eigenvalue weighted by molar-refractivity contribution is 14.0. The first-order chi connectivity index (χ1) is 12.8. The molecule has 2 N–H and O–H groups in total. The lowest BCUT2D eigenvalue weighted by molar-refractivity contribution is 0.0992. The van der Waals surface area contributed by atoms with Crippen LogP contribution in [-0.4, -0.2) is 51.0 Å². The van der Waals surface area contributed by atoms with Crippen LogP contribution in [0.2, 0.25) is 0 Å². The molecule has 1 aromatic carbocycles. The number of fused-ring (bicyclic) bond motifs is 2. The molecule has 2 heterocycles. The molecular weight excluding hydrogens is 457 g/mol. The van der Waals surface area contributed by atoms with E-state index in [-0.39, 0.29) is 24.0 Å². The molecule has 1 aromatic rings. The predicted octanol–water partition coefficient (Wildman–Crippen LogP) is 3.09. The fourth-order valence-corrected chi connectivity index (χ4v) is 3.55. The third kappa shape index (κ3) is 6.80. The molecule has 2 aliphatic heterocycles. The molecule has 0 saturated carbocycles. The maximum absolute atomic E-state index is 5.90. The smallest absolute Gasteiger partial charge is 0.191 e. The van der Waals surface area contributed by atoms with Crippen molar-refractivity contribution in [2.75, 3.05) is 26.8 Å². The Morgan fingerprint density at radius 1 is 1.26 bits per heavy atom. The summed E-state index contributed by atoms with van der Waals surface area (Å²) >= 11 is 0. The Morgan fingerprint density at radius 3 is 2.70 bits per heavy atom. The van der Waals surface area contributed by atoms with E-state index in [4.69, 9.17) is 14.2 Å². The van der Waals surface area contributed by atoms with Crippen LogP contribution in [0, 0.1) is 0 Å². The number of methoxy groups -OCH3 is 1. The van der Waals surface area contributed by atoms with E-state index in [1.54, 1.807) is 7.11 Å². The number of benzene rings is 1. The molecule has 0 aromatic heterocycles. The first-order valence-electron chi connectivity index (χ1n) is 9.69. The van der Waals surface area contributed by atoms with E-state index >= 15 is 0 Å². The van der Waals surface area contributed by atoms with Gasteiger partial charge in [0.25, 0.3) is 0 Å². The Labute approximate surface area is 179 Å². The molecule has 2 saturated heterocycles. The van der Waals surface area contributed by atoms with Crippen LogP contribution in [-0.2, 0) is 16.1 Å². The summed E-state index contributed by atoms with van der Waals surface area (Å²) in [5.74, 6) is 1.76. The highest BCUT2D eigenvalue weighted by Crippen LogP contribution is 2.34. The van der Waals surface area contributed by atoms with Crippen molar-refractivity contribution in [2.24, 2.45) is 4.99 Å². The molecule has 2 bridgehead atoms. The van der Waals surface area contributed by atoms with Crippen LogP contribution in [0.4, 0.5) is 0 Å². The van der Waals surface area contributed by atoms with Crippen LogP contribution in [0.25, 0.3) is 0 Å². The molecule has 2 aliphatic rings. The summed E-state index contributed by atoms with van der Waals surface area (Å²) in [6, 6.07) is 8.37. The number of rotatable bonds is 9. The number of nitrogens with zero attached hydrogens (tertiary/aromatic N) is 1. The van der Waals surface area contributed by atoms with Gasteiger partial charge in [-0.3, -0.25) is 4.99 Å². The zero-order valence-corrected chi connectivity index (χ0v) is 18.6. The average molecular weight is 489 g/mol. The maximum atomic E-state index is 5.90. The van der Waals surface area contributed by atoms with Crippen LogP contribution >= 0.6 is 24.0 Å². The molecule has 3 rings (SSSR count). The van der Waals surface area contributed by atoms with Gasteiger partial charge < -0.3 is 24.8 Å². The van der Waals surface area contributed by atoms with E-state index < -0.39 is 0 Å².